The number of methoxy groups -OCH3 is 1. The Morgan fingerprint density at radius 3 is 2.33 bits per heavy atom. The normalized spacial score (nSPS) is 12.1. The molecule has 0 heterocycles. The van der Waals surface area contributed by atoms with Crippen molar-refractivity contribution in [1.29, 1.82) is 0 Å². The van der Waals surface area contributed by atoms with Gasteiger partial charge in [-0.05, 0) is 24.3 Å². The lowest BCUT2D eigenvalue weighted by atomic mass is 10.3. The van der Waals surface area contributed by atoms with Gasteiger partial charge in [0.05, 0.1) is 7.11 Å². The molecule has 1 aromatic rings. The van der Waals surface area contributed by atoms with E-state index in [-0.39, 0.29) is 0 Å². The first-order valence-electron chi connectivity index (χ1n) is 4.82. The third kappa shape index (κ3) is 4.00. The highest BCUT2D eigenvalue weighted by atomic mass is 19.4. The predicted octanol–water partition coefficient (Wildman–Crippen LogP) is 2.04. The van der Waals surface area contributed by atoms with Gasteiger partial charge >= 0.3 is 6.18 Å². The first kappa shape index (κ1) is 13.9. The molecule has 0 aliphatic carbocycles. The Bertz CT molecular complexity index is 452. The van der Waals surface area contributed by atoms with Gasteiger partial charge in [0.2, 0.25) is 5.91 Å². The zero-order chi connectivity index (χ0) is 13.8. The molecule has 0 radical (unpaired) electrons. The zero-order valence-corrected chi connectivity index (χ0v) is 9.41. The maximum Gasteiger partial charge on any atom is 0.430 e. The van der Waals surface area contributed by atoms with Crippen LogP contribution in [0.1, 0.15) is 0 Å². The van der Waals surface area contributed by atoms with Crippen molar-refractivity contribution in [3.05, 3.63) is 36.0 Å². The number of carbonyl (C=O) groups excluding carboxylic acids is 1. The van der Waals surface area contributed by atoms with Crippen molar-refractivity contribution in [3.8, 4) is 5.75 Å². The summed E-state index contributed by atoms with van der Waals surface area (Å²) >= 11 is 0. The molecule has 98 valence electrons. The molecule has 0 atom stereocenters. The van der Waals surface area contributed by atoms with Crippen LogP contribution in [0.15, 0.2) is 36.0 Å². The van der Waals surface area contributed by atoms with Crippen molar-refractivity contribution < 1.29 is 22.7 Å². The number of ether oxygens (including phenoxy) is 1. The van der Waals surface area contributed by atoms with Gasteiger partial charge in [-0.15, -0.1) is 0 Å². The number of carbonyl (C=O) groups is 1. The quantitative estimate of drug-likeness (QED) is 0.817. The topological polar surface area (TPSA) is 64.3 Å². The molecule has 4 nitrogen and oxygen atoms in total. The van der Waals surface area contributed by atoms with Gasteiger partial charge in [0.1, 0.15) is 11.4 Å². The number of allylic oxidation sites excluding steroid dienone is 1. The number of amides is 1. The lowest BCUT2D eigenvalue weighted by Crippen LogP contribution is -2.22. The molecule has 0 fully saturated rings. The Morgan fingerprint density at radius 1 is 1.33 bits per heavy atom. The second-order valence-corrected chi connectivity index (χ2v) is 3.32. The highest BCUT2D eigenvalue weighted by Crippen LogP contribution is 2.21. The number of hydrogen-bond acceptors (Lipinski definition) is 3. The Kier molecular flexibility index (Phi) is 4.19. The molecule has 18 heavy (non-hydrogen) atoms. The number of rotatable bonds is 3. The monoisotopic (exact) mass is 260 g/mol. The van der Waals surface area contributed by atoms with Gasteiger partial charge in [-0.2, -0.15) is 13.2 Å². The van der Waals surface area contributed by atoms with Crippen molar-refractivity contribution >= 4 is 11.6 Å². The summed E-state index contributed by atoms with van der Waals surface area (Å²) < 4.78 is 41.1. The van der Waals surface area contributed by atoms with Gasteiger partial charge in [0.15, 0.2) is 0 Å². The van der Waals surface area contributed by atoms with Crippen LogP contribution < -0.4 is 15.8 Å². The maximum absolute atomic E-state index is 12.1. The molecule has 0 aliphatic rings. The summed E-state index contributed by atoms with van der Waals surface area (Å²) in [5.74, 6) is -0.381. The lowest BCUT2D eigenvalue weighted by molar-refractivity contribution is -0.113. The molecular formula is C11H11F3N2O2. The highest BCUT2D eigenvalue weighted by Gasteiger charge is 2.31. The number of halogens is 3. The van der Waals surface area contributed by atoms with E-state index in [0.717, 1.165) is 0 Å². The summed E-state index contributed by atoms with van der Waals surface area (Å²) in [7, 11) is 1.47. The van der Waals surface area contributed by atoms with E-state index in [1.54, 1.807) is 12.1 Å². The molecule has 3 N–H and O–H groups in total. The highest BCUT2D eigenvalue weighted by molar-refractivity contribution is 5.99. The number of alkyl halides is 3. The summed E-state index contributed by atoms with van der Waals surface area (Å²) in [5, 5.41) is 2.25. The van der Waals surface area contributed by atoms with Gasteiger partial charge < -0.3 is 15.8 Å². The first-order chi connectivity index (χ1) is 8.32. The minimum atomic E-state index is -4.71. The van der Waals surface area contributed by atoms with E-state index in [1.165, 1.54) is 19.2 Å². The minimum absolute atomic E-state index is 0.296. The molecule has 1 rings (SSSR count). The van der Waals surface area contributed by atoms with Gasteiger partial charge in [-0.1, -0.05) is 0 Å². The van der Waals surface area contributed by atoms with E-state index in [0.29, 0.717) is 17.5 Å². The predicted molar refractivity (Wildman–Crippen MR) is 59.9 cm³/mol. The van der Waals surface area contributed by atoms with Crippen molar-refractivity contribution in [3.63, 3.8) is 0 Å². The SMILES string of the molecule is COc1ccc(NC(=O)/C=C(\N)C(F)(F)F)cc1. The van der Waals surface area contributed by atoms with E-state index >= 15 is 0 Å². The van der Waals surface area contributed by atoms with Gasteiger partial charge in [0.25, 0.3) is 0 Å². The molecule has 0 aromatic heterocycles. The standard InChI is InChI=1S/C11H11F3N2O2/c1-18-8-4-2-7(3-5-8)16-10(17)6-9(15)11(12,13)14/h2-6H,15H2,1H3,(H,16,17)/b9-6-. The molecule has 0 unspecified atom stereocenters. The third-order valence-corrected chi connectivity index (χ3v) is 1.97. The molecule has 1 amide bonds. The molecule has 7 heteroatoms. The summed E-state index contributed by atoms with van der Waals surface area (Å²) in [4.78, 5) is 11.2. The largest absolute Gasteiger partial charge is 0.497 e. The Morgan fingerprint density at radius 2 is 1.89 bits per heavy atom. The molecular weight excluding hydrogens is 249 g/mol. The van der Waals surface area contributed by atoms with Gasteiger partial charge in [-0.3, -0.25) is 4.79 Å². The van der Waals surface area contributed by atoms with E-state index in [1.807, 2.05) is 0 Å². The second kappa shape index (κ2) is 5.44. The maximum atomic E-state index is 12.1. The van der Waals surface area contributed by atoms with Crippen LogP contribution >= 0.6 is 0 Å². The molecule has 1 aromatic carbocycles. The van der Waals surface area contributed by atoms with Gasteiger partial charge in [0, 0.05) is 11.8 Å². The van der Waals surface area contributed by atoms with Crippen LogP contribution in [0.25, 0.3) is 0 Å². The van der Waals surface area contributed by atoms with Crippen molar-refractivity contribution in [2.24, 2.45) is 5.73 Å². The van der Waals surface area contributed by atoms with Gasteiger partial charge in [-0.25, -0.2) is 0 Å². The Balaban J connectivity index is 2.70. The van der Waals surface area contributed by atoms with Crippen LogP contribution in [0.4, 0.5) is 18.9 Å². The van der Waals surface area contributed by atoms with E-state index in [9.17, 15) is 18.0 Å². The van der Waals surface area contributed by atoms with Crippen LogP contribution in [-0.2, 0) is 4.79 Å². The zero-order valence-electron chi connectivity index (χ0n) is 9.41. The summed E-state index contributed by atoms with van der Waals surface area (Å²) in [6.07, 6.45) is -4.42. The van der Waals surface area contributed by atoms with E-state index in [4.69, 9.17) is 10.5 Å². The number of benzene rings is 1. The number of hydrogen-bond donors (Lipinski definition) is 2. The van der Waals surface area contributed by atoms with Crippen LogP contribution in [0, 0.1) is 0 Å². The van der Waals surface area contributed by atoms with Crippen LogP contribution in [-0.4, -0.2) is 19.2 Å². The van der Waals surface area contributed by atoms with Crippen molar-refractivity contribution in [2.75, 3.05) is 12.4 Å². The van der Waals surface area contributed by atoms with Crippen molar-refractivity contribution in [2.45, 2.75) is 6.18 Å². The molecule has 0 bridgehead atoms. The minimum Gasteiger partial charge on any atom is -0.497 e. The Hall–Kier alpha value is -2.18. The third-order valence-electron chi connectivity index (χ3n) is 1.97. The molecule has 0 saturated carbocycles. The summed E-state index contributed by atoms with van der Waals surface area (Å²) in [6.45, 7) is 0. The van der Waals surface area contributed by atoms with Crippen molar-refractivity contribution in [1.82, 2.24) is 0 Å². The fourth-order valence-corrected chi connectivity index (χ4v) is 1.08. The fraction of sp³-hybridized carbons (Fsp3) is 0.182. The second-order valence-electron chi connectivity index (χ2n) is 3.32. The molecule has 0 saturated heterocycles. The fourth-order valence-electron chi connectivity index (χ4n) is 1.08. The number of anilines is 1. The number of nitrogens with one attached hydrogen (secondary N) is 1. The smallest absolute Gasteiger partial charge is 0.430 e. The van der Waals surface area contributed by atoms with Crippen LogP contribution in [0.3, 0.4) is 0 Å². The molecule has 0 spiro atoms. The van der Waals surface area contributed by atoms with Crippen LogP contribution in [0.5, 0.6) is 5.75 Å². The molecule has 0 aliphatic heterocycles. The van der Waals surface area contributed by atoms with E-state index in [2.05, 4.69) is 5.32 Å². The summed E-state index contributed by atoms with van der Waals surface area (Å²) in [6, 6.07) is 6.11. The summed E-state index contributed by atoms with van der Waals surface area (Å²) in [5.41, 5.74) is 3.60. The Labute approximate surface area is 101 Å². The first-order valence-corrected chi connectivity index (χ1v) is 4.82. The van der Waals surface area contributed by atoms with E-state index < -0.39 is 17.8 Å². The average molecular weight is 260 g/mol. The average Bonchev–Trinajstić information content (AvgIpc) is 2.28. The lowest BCUT2D eigenvalue weighted by Gasteiger charge is -2.07. The number of nitrogens with two attached hydrogens (primary N) is 1. The van der Waals surface area contributed by atoms with Crippen LogP contribution in [0.2, 0.25) is 0 Å².